The predicted molar refractivity (Wildman–Crippen MR) is 66.9 cm³/mol. The zero-order chi connectivity index (χ0) is 12.5. The van der Waals surface area contributed by atoms with E-state index in [0.29, 0.717) is 6.42 Å². The smallest absolute Gasteiger partial charge is 0.238 e. The lowest BCUT2D eigenvalue weighted by atomic mass is 10.1. The summed E-state index contributed by atoms with van der Waals surface area (Å²) < 4.78 is 23.0. The van der Waals surface area contributed by atoms with Gasteiger partial charge in [-0.2, -0.15) is 0 Å². The van der Waals surface area contributed by atoms with Gasteiger partial charge in [-0.1, -0.05) is 12.8 Å². The van der Waals surface area contributed by atoms with Gasteiger partial charge in [0.15, 0.2) is 9.84 Å². The topological polar surface area (TPSA) is 54.5 Å². The van der Waals surface area contributed by atoms with Gasteiger partial charge in [-0.25, -0.2) is 8.42 Å². The number of carbonyl (C=O) groups excluding carboxylic acids is 1. The fraction of sp³-hybridized carbons (Fsp3) is 0.909. The molecule has 1 atom stereocenters. The van der Waals surface area contributed by atoms with Crippen LogP contribution in [0.25, 0.3) is 0 Å². The highest BCUT2D eigenvalue weighted by molar-refractivity contribution is 7.91. The van der Waals surface area contributed by atoms with E-state index in [2.05, 4.69) is 0 Å². The van der Waals surface area contributed by atoms with Crippen LogP contribution in [-0.2, 0) is 14.6 Å². The van der Waals surface area contributed by atoms with Gasteiger partial charge in [-0.3, -0.25) is 4.79 Å². The minimum Gasteiger partial charge on any atom is -0.335 e. The van der Waals surface area contributed by atoms with Crippen molar-refractivity contribution in [2.45, 2.75) is 44.2 Å². The molecule has 0 aromatic heterocycles. The number of alkyl halides is 1. The molecule has 2 rings (SSSR count). The average molecular weight is 280 g/mol. The summed E-state index contributed by atoms with van der Waals surface area (Å²) >= 11 is 5.63. The Balaban J connectivity index is 2.13. The molecule has 1 aliphatic carbocycles. The van der Waals surface area contributed by atoms with Gasteiger partial charge in [-0.15, -0.1) is 11.6 Å². The van der Waals surface area contributed by atoms with Gasteiger partial charge in [0, 0.05) is 12.1 Å². The molecule has 0 spiro atoms. The van der Waals surface area contributed by atoms with Gasteiger partial charge in [0.05, 0.1) is 11.5 Å². The number of rotatable bonds is 3. The van der Waals surface area contributed by atoms with E-state index in [1.165, 1.54) is 0 Å². The normalized spacial score (nSPS) is 28.4. The van der Waals surface area contributed by atoms with Crippen molar-refractivity contribution in [1.82, 2.24) is 4.90 Å². The molecule has 1 heterocycles. The van der Waals surface area contributed by atoms with Gasteiger partial charge in [-0.05, 0) is 19.3 Å². The Labute approximate surface area is 107 Å². The summed E-state index contributed by atoms with van der Waals surface area (Å²) in [6.07, 6.45) is 4.78. The molecular formula is C11H18ClNO3S. The van der Waals surface area contributed by atoms with E-state index >= 15 is 0 Å². The van der Waals surface area contributed by atoms with Crippen molar-refractivity contribution in [2.24, 2.45) is 0 Å². The van der Waals surface area contributed by atoms with E-state index in [4.69, 9.17) is 11.6 Å². The first kappa shape index (κ1) is 13.1. The highest BCUT2D eigenvalue weighted by Crippen LogP contribution is 2.29. The molecule has 98 valence electrons. The number of halogens is 1. The molecule has 0 N–H and O–H groups in total. The molecule has 17 heavy (non-hydrogen) atoms. The zero-order valence-corrected chi connectivity index (χ0v) is 11.3. The van der Waals surface area contributed by atoms with Gasteiger partial charge >= 0.3 is 0 Å². The molecule has 1 saturated carbocycles. The van der Waals surface area contributed by atoms with Crippen molar-refractivity contribution in [3.8, 4) is 0 Å². The van der Waals surface area contributed by atoms with Crippen LogP contribution in [-0.4, -0.2) is 48.7 Å². The van der Waals surface area contributed by atoms with Gasteiger partial charge in [0.2, 0.25) is 5.91 Å². The van der Waals surface area contributed by atoms with E-state index in [0.717, 1.165) is 25.7 Å². The lowest BCUT2D eigenvalue weighted by molar-refractivity contribution is -0.132. The molecule has 6 heteroatoms. The predicted octanol–water partition coefficient (Wildman–Crippen LogP) is 1.18. The van der Waals surface area contributed by atoms with E-state index < -0.39 is 9.84 Å². The van der Waals surface area contributed by atoms with Crippen molar-refractivity contribution >= 4 is 27.3 Å². The van der Waals surface area contributed by atoms with Crippen LogP contribution in [0, 0.1) is 0 Å². The Kier molecular flexibility index (Phi) is 3.98. The molecule has 4 nitrogen and oxygen atoms in total. The number of hydrogen-bond acceptors (Lipinski definition) is 3. The van der Waals surface area contributed by atoms with Crippen LogP contribution in [0.3, 0.4) is 0 Å². The summed E-state index contributed by atoms with van der Waals surface area (Å²) in [5, 5.41) is 0. The fourth-order valence-electron chi connectivity index (χ4n) is 2.95. The standard InChI is InChI=1S/C11H18ClNO3S/c12-7-11(14)13(9-3-1-2-4-9)10-5-6-17(15,16)8-10/h9-10H,1-8H2/t10-/m1/s1. The van der Waals surface area contributed by atoms with E-state index in [9.17, 15) is 13.2 Å². The minimum atomic E-state index is -2.95. The second-order valence-electron chi connectivity index (χ2n) is 4.93. The van der Waals surface area contributed by atoms with Gasteiger partial charge in [0.1, 0.15) is 5.88 Å². The van der Waals surface area contributed by atoms with Gasteiger partial charge < -0.3 is 4.90 Å². The summed E-state index contributed by atoms with van der Waals surface area (Å²) in [6.45, 7) is 0. The lowest BCUT2D eigenvalue weighted by Crippen LogP contribution is -2.47. The third-order valence-electron chi connectivity index (χ3n) is 3.72. The van der Waals surface area contributed by atoms with Crippen LogP contribution in [0.5, 0.6) is 0 Å². The molecule has 0 aromatic rings. The Morgan fingerprint density at radius 2 is 1.82 bits per heavy atom. The van der Waals surface area contributed by atoms with Crippen LogP contribution in [0.1, 0.15) is 32.1 Å². The van der Waals surface area contributed by atoms with Crippen molar-refractivity contribution in [3.05, 3.63) is 0 Å². The highest BCUT2D eigenvalue weighted by atomic mass is 35.5. The fourth-order valence-corrected chi connectivity index (χ4v) is 4.80. The summed E-state index contributed by atoms with van der Waals surface area (Å²) in [6, 6.07) is 0.0638. The number of carbonyl (C=O) groups is 1. The van der Waals surface area contributed by atoms with Crippen LogP contribution < -0.4 is 0 Å². The summed E-state index contributed by atoms with van der Waals surface area (Å²) in [7, 11) is -2.95. The quantitative estimate of drug-likeness (QED) is 0.729. The molecule has 0 aromatic carbocycles. The molecule has 0 unspecified atom stereocenters. The lowest BCUT2D eigenvalue weighted by Gasteiger charge is -2.33. The van der Waals surface area contributed by atoms with Crippen molar-refractivity contribution in [3.63, 3.8) is 0 Å². The Bertz CT molecular complexity index is 390. The number of sulfone groups is 1. The third-order valence-corrected chi connectivity index (χ3v) is 5.70. The van der Waals surface area contributed by atoms with E-state index in [1.807, 2.05) is 0 Å². The number of nitrogens with zero attached hydrogens (tertiary/aromatic N) is 1. The summed E-state index contributed by atoms with van der Waals surface area (Å²) in [5.74, 6) is 0.163. The molecule has 0 bridgehead atoms. The Hall–Kier alpha value is -0.290. The van der Waals surface area contributed by atoms with Crippen molar-refractivity contribution in [1.29, 1.82) is 0 Å². The first-order valence-corrected chi connectivity index (χ1v) is 8.46. The van der Waals surface area contributed by atoms with E-state index in [1.54, 1.807) is 4.90 Å². The minimum absolute atomic E-state index is 0.0486. The first-order chi connectivity index (χ1) is 8.03. The first-order valence-electron chi connectivity index (χ1n) is 6.11. The van der Waals surface area contributed by atoms with Crippen LogP contribution in [0.2, 0.25) is 0 Å². The van der Waals surface area contributed by atoms with Crippen LogP contribution in [0.15, 0.2) is 0 Å². The Morgan fingerprint density at radius 3 is 2.29 bits per heavy atom. The zero-order valence-electron chi connectivity index (χ0n) is 9.77. The molecule has 1 aliphatic heterocycles. The van der Waals surface area contributed by atoms with Gasteiger partial charge in [0.25, 0.3) is 0 Å². The maximum Gasteiger partial charge on any atom is 0.238 e. The molecule has 1 saturated heterocycles. The number of amides is 1. The molecule has 1 amide bonds. The van der Waals surface area contributed by atoms with Crippen LogP contribution in [0.4, 0.5) is 0 Å². The highest BCUT2D eigenvalue weighted by Gasteiger charge is 2.38. The SMILES string of the molecule is O=C(CCl)N(C1CCCC1)[C@@H]1CCS(=O)(=O)C1. The largest absolute Gasteiger partial charge is 0.335 e. The second-order valence-corrected chi connectivity index (χ2v) is 7.43. The summed E-state index contributed by atoms with van der Waals surface area (Å²) in [4.78, 5) is 13.7. The monoisotopic (exact) mass is 279 g/mol. The maximum atomic E-state index is 11.9. The van der Waals surface area contributed by atoms with Crippen molar-refractivity contribution in [2.75, 3.05) is 17.4 Å². The molecule has 2 aliphatic rings. The molecule has 2 fully saturated rings. The summed E-state index contributed by atoms with van der Waals surface area (Å²) in [5.41, 5.74) is 0. The Morgan fingerprint density at radius 1 is 1.18 bits per heavy atom. The van der Waals surface area contributed by atoms with Crippen LogP contribution >= 0.6 is 11.6 Å². The van der Waals surface area contributed by atoms with Crippen molar-refractivity contribution < 1.29 is 13.2 Å². The second kappa shape index (κ2) is 5.14. The number of hydrogen-bond donors (Lipinski definition) is 0. The third kappa shape index (κ3) is 2.94. The average Bonchev–Trinajstić information content (AvgIpc) is 2.89. The van der Waals surface area contributed by atoms with E-state index in [-0.39, 0.29) is 35.4 Å². The molecule has 0 radical (unpaired) electrons. The molecular weight excluding hydrogens is 262 g/mol. The maximum absolute atomic E-state index is 11.9.